The van der Waals surface area contributed by atoms with Gasteiger partial charge in [-0.1, -0.05) is 11.6 Å². The fourth-order valence-corrected chi connectivity index (χ4v) is 3.32. The van der Waals surface area contributed by atoms with Crippen LogP contribution in [-0.4, -0.2) is 35.1 Å². The van der Waals surface area contributed by atoms with Crippen LogP contribution in [0.3, 0.4) is 0 Å². The van der Waals surface area contributed by atoms with Crippen molar-refractivity contribution in [3.8, 4) is 0 Å². The Morgan fingerprint density at radius 2 is 2.25 bits per heavy atom. The lowest BCUT2D eigenvalue weighted by Gasteiger charge is -2.40. The standard InChI is InChI=1S/C15H26ClN3O/c1-5-19-12(14(16)11(2)18-19)10-13(17-4)15(3)8-6-7-9-20-15/h13,17H,5-10H2,1-4H3. The first-order valence-electron chi connectivity index (χ1n) is 7.55. The minimum Gasteiger partial charge on any atom is -0.374 e. The highest BCUT2D eigenvalue weighted by molar-refractivity contribution is 6.31. The molecule has 0 aliphatic carbocycles. The van der Waals surface area contributed by atoms with Gasteiger partial charge in [0.2, 0.25) is 0 Å². The molecule has 2 atom stereocenters. The molecule has 1 aliphatic heterocycles. The number of ether oxygens (including phenoxy) is 1. The zero-order valence-electron chi connectivity index (χ0n) is 13.0. The third-order valence-electron chi connectivity index (χ3n) is 4.44. The van der Waals surface area contributed by atoms with Crippen LogP contribution in [0.25, 0.3) is 0 Å². The fourth-order valence-electron chi connectivity index (χ4n) is 3.11. The van der Waals surface area contributed by atoms with E-state index in [2.05, 4.69) is 24.3 Å². The smallest absolute Gasteiger partial charge is 0.0847 e. The molecule has 0 aromatic carbocycles. The fraction of sp³-hybridized carbons (Fsp3) is 0.800. The van der Waals surface area contributed by atoms with Crippen molar-refractivity contribution in [2.45, 2.75) is 64.6 Å². The zero-order chi connectivity index (χ0) is 14.8. The zero-order valence-corrected chi connectivity index (χ0v) is 13.8. The molecule has 0 saturated carbocycles. The van der Waals surface area contributed by atoms with E-state index in [-0.39, 0.29) is 11.6 Å². The number of nitrogens with zero attached hydrogens (tertiary/aromatic N) is 2. The van der Waals surface area contributed by atoms with E-state index in [1.807, 2.05) is 18.7 Å². The lowest BCUT2D eigenvalue weighted by Crippen LogP contribution is -2.52. The SMILES string of the molecule is CCn1nc(C)c(Cl)c1CC(NC)C1(C)CCCCO1. The van der Waals surface area contributed by atoms with Crippen molar-refractivity contribution in [2.75, 3.05) is 13.7 Å². The van der Waals surface area contributed by atoms with E-state index in [1.54, 1.807) is 0 Å². The van der Waals surface area contributed by atoms with Crippen molar-refractivity contribution >= 4 is 11.6 Å². The summed E-state index contributed by atoms with van der Waals surface area (Å²) in [5.74, 6) is 0. The van der Waals surface area contributed by atoms with Crippen LogP contribution in [0.4, 0.5) is 0 Å². The number of halogens is 1. The number of rotatable bonds is 5. The van der Waals surface area contributed by atoms with Gasteiger partial charge < -0.3 is 10.1 Å². The Morgan fingerprint density at radius 1 is 1.50 bits per heavy atom. The normalized spacial score (nSPS) is 24.9. The van der Waals surface area contributed by atoms with Gasteiger partial charge in [-0.15, -0.1) is 0 Å². The van der Waals surface area contributed by atoms with Crippen LogP contribution < -0.4 is 5.32 Å². The first kappa shape index (κ1) is 15.8. The minimum absolute atomic E-state index is 0.118. The second-order valence-electron chi connectivity index (χ2n) is 5.83. The molecule has 1 N–H and O–H groups in total. The topological polar surface area (TPSA) is 39.1 Å². The van der Waals surface area contributed by atoms with E-state index in [1.165, 1.54) is 12.8 Å². The molecule has 1 saturated heterocycles. The van der Waals surface area contributed by atoms with Gasteiger partial charge in [-0.3, -0.25) is 4.68 Å². The van der Waals surface area contributed by atoms with Crippen LogP contribution in [-0.2, 0) is 17.7 Å². The summed E-state index contributed by atoms with van der Waals surface area (Å²) in [6, 6.07) is 0.252. The van der Waals surface area contributed by atoms with Crippen molar-refractivity contribution in [1.82, 2.24) is 15.1 Å². The quantitative estimate of drug-likeness (QED) is 0.908. The Hall–Kier alpha value is -0.580. The second-order valence-corrected chi connectivity index (χ2v) is 6.20. The number of aromatic nitrogens is 2. The summed E-state index contributed by atoms with van der Waals surface area (Å²) in [5.41, 5.74) is 1.90. The Morgan fingerprint density at radius 3 is 2.80 bits per heavy atom. The molecule has 20 heavy (non-hydrogen) atoms. The summed E-state index contributed by atoms with van der Waals surface area (Å²) in [7, 11) is 2.00. The average Bonchev–Trinajstić information content (AvgIpc) is 2.72. The molecule has 0 bridgehead atoms. The number of likely N-dealkylation sites (N-methyl/N-ethyl adjacent to an activating group) is 1. The van der Waals surface area contributed by atoms with Crippen LogP contribution in [0.15, 0.2) is 0 Å². The molecule has 2 unspecified atom stereocenters. The highest BCUT2D eigenvalue weighted by atomic mass is 35.5. The van der Waals surface area contributed by atoms with Crippen LogP contribution in [0.2, 0.25) is 5.02 Å². The van der Waals surface area contributed by atoms with Crippen molar-refractivity contribution < 1.29 is 4.74 Å². The minimum atomic E-state index is -0.118. The van der Waals surface area contributed by atoms with Crippen LogP contribution in [0.5, 0.6) is 0 Å². The van der Waals surface area contributed by atoms with Crippen molar-refractivity contribution in [3.05, 3.63) is 16.4 Å². The van der Waals surface area contributed by atoms with Gasteiger partial charge in [0.1, 0.15) is 0 Å². The van der Waals surface area contributed by atoms with E-state index < -0.39 is 0 Å². The van der Waals surface area contributed by atoms with Gasteiger partial charge in [0, 0.05) is 25.6 Å². The summed E-state index contributed by atoms with van der Waals surface area (Å²) in [6.07, 6.45) is 4.34. The van der Waals surface area contributed by atoms with Crippen LogP contribution >= 0.6 is 11.6 Å². The van der Waals surface area contributed by atoms with Crippen LogP contribution in [0, 0.1) is 6.92 Å². The molecule has 114 valence electrons. The van der Waals surface area contributed by atoms with Crippen molar-refractivity contribution in [1.29, 1.82) is 0 Å². The molecule has 0 amide bonds. The number of hydrogen-bond donors (Lipinski definition) is 1. The summed E-state index contributed by atoms with van der Waals surface area (Å²) in [5, 5.41) is 8.72. The monoisotopic (exact) mass is 299 g/mol. The molecular weight excluding hydrogens is 274 g/mol. The van der Waals surface area contributed by atoms with Gasteiger partial charge in [-0.25, -0.2) is 0 Å². The van der Waals surface area contributed by atoms with E-state index in [9.17, 15) is 0 Å². The third kappa shape index (κ3) is 3.02. The van der Waals surface area contributed by atoms with E-state index >= 15 is 0 Å². The molecule has 1 fully saturated rings. The molecule has 0 spiro atoms. The number of hydrogen-bond acceptors (Lipinski definition) is 3. The Labute approximate surface area is 126 Å². The van der Waals surface area contributed by atoms with E-state index in [0.717, 1.165) is 42.4 Å². The summed E-state index contributed by atoms with van der Waals surface area (Å²) in [6.45, 7) is 7.97. The van der Waals surface area contributed by atoms with Gasteiger partial charge in [0.25, 0.3) is 0 Å². The van der Waals surface area contributed by atoms with Crippen LogP contribution in [0.1, 0.15) is 44.5 Å². The molecule has 1 aromatic heterocycles. The third-order valence-corrected chi connectivity index (χ3v) is 4.93. The maximum absolute atomic E-state index is 6.43. The van der Waals surface area contributed by atoms with Gasteiger partial charge >= 0.3 is 0 Å². The summed E-state index contributed by atoms with van der Waals surface area (Å²) < 4.78 is 8.08. The molecule has 0 radical (unpaired) electrons. The van der Waals surface area contributed by atoms with Crippen molar-refractivity contribution in [2.24, 2.45) is 0 Å². The summed E-state index contributed by atoms with van der Waals surface area (Å²) >= 11 is 6.43. The largest absolute Gasteiger partial charge is 0.374 e. The number of nitrogens with one attached hydrogen (secondary N) is 1. The molecule has 1 aromatic rings. The lowest BCUT2D eigenvalue weighted by molar-refractivity contribution is -0.0873. The van der Waals surface area contributed by atoms with Gasteiger partial charge in [0.15, 0.2) is 0 Å². The first-order chi connectivity index (χ1) is 9.51. The molecule has 2 heterocycles. The molecule has 1 aliphatic rings. The maximum Gasteiger partial charge on any atom is 0.0847 e. The van der Waals surface area contributed by atoms with Gasteiger partial charge in [0.05, 0.1) is 22.0 Å². The van der Waals surface area contributed by atoms with E-state index in [0.29, 0.717) is 0 Å². The Kier molecular flexibility index (Phi) is 5.10. The molecule has 5 heteroatoms. The Balaban J connectivity index is 2.22. The highest BCUT2D eigenvalue weighted by Crippen LogP contribution is 2.31. The molecule has 4 nitrogen and oxygen atoms in total. The second kappa shape index (κ2) is 6.46. The highest BCUT2D eigenvalue weighted by Gasteiger charge is 2.37. The Bertz CT molecular complexity index is 452. The van der Waals surface area contributed by atoms with Gasteiger partial charge in [-0.2, -0.15) is 5.10 Å². The number of aryl methyl sites for hydroxylation is 2. The van der Waals surface area contributed by atoms with Gasteiger partial charge in [-0.05, 0) is 47.1 Å². The molecular formula is C15H26ClN3O. The lowest BCUT2D eigenvalue weighted by atomic mass is 9.85. The summed E-state index contributed by atoms with van der Waals surface area (Å²) in [4.78, 5) is 0. The predicted octanol–water partition coefficient (Wildman–Crippen LogP) is 2.95. The van der Waals surface area contributed by atoms with Crippen molar-refractivity contribution in [3.63, 3.8) is 0 Å². The predicted molar refractivity (Wildman–Crippen MR) is 82.4 cm³/mol. The average molecular weight is 300 g/mol. The maximum atomic E-state index is 6.43. The molecule has 2 rings (SSSR count). The van der Waals surface area contributed by atoms with E-state index in [4.69, 9.17) is 16.3 Å². The first-order valence-corrected chi connectivity index (χ1v) is 7.92.